The van der Waals surface area contributed by atoms with Crippen molar-refractivity contribution in [1.82, 2.24) is 4.98 Å². The Hall–Kier alpha value is -3.39. The lowest BCUT2D eigenvalue weighted by molar-refractivity contribution is 0.589. The Kier molecular flexibility index (Phi) is 4.66. The Bertz CT molecular complexity index is 1370. The van der Waals surface area contributed by atoms with E-state index in [1.807, 2.05) is 6.20 Å². The Morgan fingerprint density at radius 3 is 2.32 bits per heavy atom. The van der Waals surface area contributed by atoms with Crippen LogP contribution >= 0.6 is 0 Å². The van der Waals surface area contributed by atoms with Crippen molar-refractivity contribution in [3.63, 3.8) is 0 Å². The summed E-state index contributed by atoms with van der Waals surface area (Å²) in [6.45, 7) is 8.93. The van der Waals surface area contributed by atoms with Gasteiger partial charge in [0.25, 0.3) is 0 Å². The molecule has 2 heteroatoms. The number of fused-ring (bicyclic) bond motifs is 3. The fourth-order valence-corrected chi connectivity index (χ4v) is 4.21. The first kappa shape index (κ1) is 19.6. The van der Waals surface area contributed by atoms with E-state index in [4.69, 9.17) is 4.42 Å². The maximum Gasteiger partial charge on any atom is 0.135 e. The van der Waals surface area contributed by atoms with Crippen molar-refractivity contribution in [2.45, 2.75) is 39.0 Å². The van der Waals surface area contributed by atoms with E-state index in [1.165, 1.54) is 16.7 Å². The summed E-state index contributed by atoms with van der Waals surface area (Å²) in [5, 5.41) is 2.28. The van der Waals surface area contributed by atoms with Gasteiger partial charge < -0.3 is 4.42 Å². The van der Waals surface area contributed by atoms with Crippen LogP contribution in [-0.2, 0) is 5.41 Å². The second kappa shape index (κ2) is 7.39. The number of pyridine rings is 1. The maximum atomic E-state index is 6.23. The molecule has 0 saturated carbocycles. The molecule has 3 aromatic carbocycles. The molecule has 0 N–H and O–H groups in total. The fraction of sp³-hybridized carbons (Fsp3) is 0.207. The molecule has 0 fully saturated rings. The van der Waals surface area contributed by atoms with Crippen molar-refractivity contribution in [3.8, 4) is 11.3 Å². The van der Waals surface area contributed by atoms with Crippen molar-refractivity contribution in [2.75, 3.05) is 0 Å². The van der Waals surface area contributed by atoms with Crippen LogP contribution in [0.3, 0.4) is 0 Å². The lowest BCUT2D eigenvalue weighted by Crippen LogP contribution is -2.11. The van der Waals surface area contributed by atoms with Crippen molar-refractivity contribution < 1.29 is 4.42 Å². The molecule has 0 aliphatic heterocycles. The second-order valence-electron chi connectivity index (χ2n) is 9.38. The Balaban J connectivity index is 1.57. The number of hydrogen-bond acceptors (Lipinski definition) is 2. The van der Waals surface area contributed by atoms with E-state index in [9.17, 15) is 0 Å². The number of aromatic nitrogens is 1. The summed E-state index contributed by atoms with van der Waals surface area (Å²) in [6, 6.07) is 27.9. The highest BCUT2D eigenvalue weighted by atomic mass is 16.3. The third-order valence-electron chi connectivity index (χ3n) is 6.22. The van der Waals surface area contributed by atoms with Crippen molar-refractivity contribution in [3.05, 3.63) is 102 Å². The molecule has 0 spiro atoms. The van der Waals surface area contributed by atoms with Gasteiger partial charge in [-0.05, 0) is 58.5 Å². The lowest BCUT2D eigenvalue weighted by atomic mass is 9.87. The zero-order valence-electron chi connectivity index (χ0n) is 18.5. The molecular weight excluding hydrogens is 378 g/mol. The van der Waals surface area contributed by atoms with Gasteiger partial charge in [-0.3, -0.25) is 4.98 Å². The molecule has 5 rings (SSSR count). The quantitative estimate of drug-likeness (QED) is 0.303. The molecule has 0 radical (unpaired) electrons. The third-order valence-corrected chi connectivity index (χ3v) is 6.22. The molecular formula is C29H27NO. The molecule has 2 nitrogen and oxygen atoms in total. The van der Waals surface area contributed by atoms with Crippen LogP contribution in [0.1, 0.15) is 50.3 Å². The van der Waals surface area contributed by atoms with Crippen LogP contribution in [0.15, 0.2) is 89.5 Å². The molecule has 2 heterocycles. The monoisotopic (exact) mass is 405 g/mol. The molecule has 2 aromatic heterocycles. The summed E-state index contributed by atoms with van der Waals surface area (Å²) in [5.74, 6) is 0.318. The standard InChI is InChI=1S/C29H27NO/c1-19(20-8-6-5-7-9-20)21-10-12-24-25-16-22(11-13-27(25)31-28(24)17-21)26-18-23(14-15-30-26)29(2,3)4/h5-19H,1-4H3. The molecule has 0 bridgehead atoms. The summed E-state index contributed by atoms with van der Waals surface area (Å²) in [7, 11) is 0. The van der Waals surface area contributed by atoms with Gasteiger partial charge in [0.2, 0.25) is 0 Å². The molecule has 0 amide bonds. The van der Waals surface area contributed by atoms with Crippen molar-refractivity contribution in [1.29, 1.82) is 0 Å². The van der Waals surface area contributed by atoms with E-state index in [1.54, 1.807) is 0 Å². The Labute approximate surface area is 183 Å². The zero-order chi connectivity index (χ0) is 21.6. The van der Waals surface area contributed by atoms with Gasteiger partial charge in [-0.25, -0.2) is 0 Å². The van der Waals surface area contributed by atoms with E-state index in [0.29, 0.717) is 5.92 Å². The normalized spacial score (nSPS) is 13.0. The summed E-state index contributed by atoms with van der Waals surface area (Å²) < 4.78 is 6.23. The van der Waals surface area contributed by atoms with Gasteiger partial charge in [-0.1, -0.05) is 70.2 Å². The van der Waals surface area contributed by atoms with Gasteiger partial charge in [0.15, 0.2) is 0 Å². The second-order valence-corrected chi connectivity index (χ2v) is 9.38. The topological polar surface area (TPSA) is 26.0 Å². The van der Waals surface area contributed by atoms with E-state index in [2.05, 4.69) is 112 Å². The first-order valence-electron chi connectivity index (χ1n) is 10.9. The molecule has 31 heavy (non-hydrogen) atoms. The molecule has 0 saturated heterocycles. The maximum absolute atomic E-state index is 6.23. The Morgan fingerprint density at radius 2 is 1.55 bits per heavy atom. The van der Waals surface area contributed by atoms with Crippen LogP contribution in [-0.4, -0.2) is 4.98 Å². The summed E-state index contributed by atoms with van der Waals surface area (Å²) >= 11 is 0. The average Bonchev–Trinajstić information content (AvgIpc) is 3.15. The van der Waals surface area contributed by atoms with Crippen LogP contribution in [0.25, 0.3) is 33.2 Å². The van der Waals surface area contributed by atoms with E-state index < -0.39 is 0 Å². The molecule has 1 unspecified atom stereocenters. The largest absolute Gasteiger partial charge is 0.456 e. The first-order valence-corrected chi connectivity index (χ1v) is 10.9. The van der Waals surface area contributed by atoms with E-state index >= 15 is 0 Å². The smallest absolute Gasteiger partial charge is 0.135 e. The molecule has 1 atom stereocenters. The minimum Gasteiger partial charge on any atom is -0.456 e. The zero-order valence-corrected chi connectivity index (χ0v) is 18.5. The highest BCUT2D eigenvalue weighted by molar-refractivity contribution is 6.06. The Morgan fingerprint density at radius 1 is 0.742 bits per heavy atom. The third kappa shape index (κ3) is 3.63. The van der Waals surface area contributed by atoms with Gasteiger partial charge in [-0.2, -0.15) is 0 Å². The van der Waals surface area contributed by atoms with E-state index in [-0.39, 0.29) is 5.41 Å². The summed E-state index contributed by atoms with van der Waals surface area (Å²) in [5.41, 5.74) is 7.91. The van der Waals surface area contributed by atoms with Gasteiger partial charge in [0.05, 0.1) is 5.69 Å². The number of furan rings is 1. The summed E-state index contributed by atoms with van der Waals surface area (Å²) in [6.07, 6.45) is 1.91. The predicted octanol–water partition coefficient (Wildman–Crippen LogP) is 8.10. The fourth-order valence-electron chi connectivity index (χ4n) is 4.21. The van der Waals surface area contributed by atoms with Gasteiger partial charge in [0, 0.05) is 28.5 Å². The predicted molar refractivity (Wildman–Crippen MR) is 130 cm³/mol. The number of hydrogen-bond donors (Lipinski definition) is 0. The molecule has 5 aromatic rings. The highest BCUT2D eigenvalue weighted by Crippen LogP contribution is 2.35. The first-order chi connectivity index (χ1) is 14.9. The van der Waals surface area contributed by atoms with Crippen molar-refractivity contribution in [2.24, 2.45) is 0 Å². The highest BCUT2D eigenvalue weighted by Gasteiger charge is 2.16. The van der Waals surface area contributed by atoms with Gasteiger partial charge in [-0.15, -0.1) is 0 Å². The number of rotatable bonds is 3. The molecule has 0 aliphatic rings. The number of nitrogens with zero attached hydrogens (tertiary/aromatic N) is 1. The van der Waals surface area contributed by atoms with Gasteiger partial charge >= 0.3 is 0 Å². The van der Waals surface area contributed by atoms with Crippen LogP contribution in [0.4, 0.5) is 0 Å². The SMILES string of the molecule is CC(c1ccccc1)c1ccc2c(c1)oc1ccc(-c3cc(C(C)(C)C)ccn3)cc12. The van der Waals surface area contributed by atoms with Crippen molar-refractivity contribution >= 4 is 21.9 Å². The lowest BCUT2D eigenvalue weighted by Gasteiger charge is -2.19. The van der Waals surface area contributed by atoms with Crippen LogP contribution in [0.5, 0.6) is 0 Å². The molecule has 154 valence electrons. The molecule has 0 aliphatic carbocycles. The minimum atomic E-state index is 0.0932. The van der Waals surface area contributed by atoms with Crippen LogP contribution < -0.4 is 0 Å². The van der Waals surface area contributed by atoms with Crippen LogP contribution in [0, 0.1) is 0 Å². The minimum absolute atomic E-state index is 0.0932. The van der Waals surface area contributed by atoms with E-state index in [0.717, 1.165) is 33.2 Å². The van der Waals surface area contributed by atoms with Crippen LogP contribution in [0.2, 0.25) is 0 Å². The number of benzene rings is 3. The average molecular weight is 406 g/mol. The summed E-state index contributed by atoms with van der Waals surface area (Å²) in [4.78, 5) is 4.63. The van der Waals surface area contributed by atoms with Gasteiger partial charge in [0.1, 0.15) is 11.2 Å².